The summed E-state index contributed by atoms with van der Waals surface area (Å²) in [5, 5.41) is 3.19. The Morgan fingerprint density at radius 1 is 1.17 bits per heavy atom. The predicted octanol–water partition coefficient (Wildman–Crippen LogP) is 5.14. The van der Waals surface area contributed by atoms with Crippen molar-refractivity contribution in [2.75, 3.05) is 26.2 Å². The highest BCUT2D eigenvalue weighted by Gasteiger charge is 2.35. The van der Waals surface area contributed by atoms with E-state index in [9.17, 15) is 9.59 Å². The number of aryl methyl sites for hydroxylation is 1. The summed E-state index contributed by atoms with van der Waals surface area (Å²) in [7, 11) is 0. The standard InChI is InChI=1S/C28H39N3O4/c1-21-7-8-25(29-19-21)24-11-18-35-26(24)27(33)30-23-9-15-31(16-10-23)20-28(12-4-3-5-13-28)14-6-17-34-22(2)32/h7-8,11,18-19,23H,3-6,9-10,12-17,20H2,1-2H3,(H,30,33). The fraction of sp³-hybridized carbons (Fsp3) is 0.607. The van der Waals surface area contributed by atoms with Crippen LogP contribution in [0, 0.1) is 12.3 Å². The number of ether oxygens (including phenoxy) is 1. The van der Waals surface area contributed by atoms with Crippen molar-refractivity contribution in [2.24, 2.45) is 5.41 Å². The third-order valence-corrected chi connectivity index (χ3v) is 7.61. The highest BCUT2D eigenvalue weighted by molar-refractivity contribution is 5.97. The maximum Gasteiger partial charge on any atom is 0.302 e. The number of likely N-dealkylation sites (tertiary alicyclic amines) is 1. The lowest BCUT2D eigenvalue weighted by Gasteiger charge is -2.43. The molecule has 1 saturated carbocycles. The Balaban J connectivity index is 1.28. The molecule has 3 heterocycles. The van der Waals surface area contributed by atoms with Crippen molar-refractivity contribution in [3.63, 3.8) is 0 Å². The topological polar surface area (TPSA) is 84.7 Å². The van der Waals surface area contributed by atoms with Crippen molar-refractivity contribution >= 4 is 11.9 Å². The van der Waals surface area contributed by atoms with Gasteiger partial charge in [0.05, 0.1) is 24.1 Å². The van der Waals surface area contributed by atoms with Crippen molar-refractivity contribution in [3.8, 4) is 11.3 Å². The van der Waals surface area contributed by atoms with Crippen molar-refractivity contribution < 1.29 is 18.7 Å². The fourth-order valence-electron chi connectivity index (χ4n) is 5.73. The second-order valence-corrected chi connectivity index (χ2v) is 10.4. The van der Waals surface area contributed by atoms with Crippen LogP contribution in [0.5, 0.6) is 0 Å². The number of hydrogen-bond donors (Lipinski definition) is 1. The zero-order chi connectivity index (χ0) is 24.7. The first-order valence-electron chi connectivity index (χ1n) is 13.1. The lowest BCUT2D eigenvalue weighted by atomic mass is 9.70. The SMILES string of the molecule is CC(=O)OCCCC1(CN2CCC(NC(=O)c3occc3-c3ccc(C)cn3)CC2)CCCCC1. The maximum absolute atomic E-state index is 13.0. The Hall–Kier alpha value is -2.67. The van der Waals surface area contributed by atoms with Crippen LogP contribution in [-0.2, 0) is 9.53 Å². The van der Waals surface area contributed by atoms with E-state index in [4.69, 9.17) is 9.15 Å². The number of amides is 1. The van der Waals surface area contributed by atoms with Crippen molar-refractivity contribution in [2.45, 2.75) is 77.7 Å². The minimum absolute atomic E-state index is 0.147. The highest BCUT2D eigenvalue weighted by atomic mass is 16.5. The van der Waals surface area contributed by atoms with Crippen LogP contribution in [0.1, 0.15) is 80.8 Å². The molecule has 0 spiro atoms. The number of carbonyl (C=O) groups excluding carboxylic acids is 2. The average Bonchev–Trinajstić information content (AvgIpc) is 3.34. The number of nitrogens with one attached hydrogen (secondary N) is 1. The molecule has 2 aliphatic rings. The van der Waals surface area contributed by atoms with Crippen LogP contribution in [0.3, 0.4) is 0 Å². The molecule has 7 heteroatoms. The quantitative estimate of drug-likeness (QED) is 0.394. The van der Waals surface area contributed by atoms with E-state index < -0.39 is 0 Å². The van der Waals surface area contributed by atoms with Gasteiger partial charge in [-0.05, 0) is 68.6 Å². The molecule has 0 unspecified atom stereocenters. The van der Waals surface area contributed by atoms with E-state index in [2.05, 4.69) is 15.2 Å². The van der Waals surface area contributed by atoms with Gasteiger partial charge in [-0.1, -0.05) is 25.3 Å². The number of piperidine rings is 1. The molecular formula is C28H39N3O4. The van der Waals surface area contributed by atoms with E-state index in [0.29, 0.717) is 17.8 Å². The number of nitrogens with zero attached hydrogens (tertiary/aromatic N) is 2. The van der Waals surface area contributed by atoms with Gasteiger partial charge in [-0.25, -0.2) is 0 Å². The van der Waals surface area contributed by atoms with Gasteiger partial charge in [0, 0.05) is 38.8 Å². The summed E-state index contributed by atoms with van der Waals surface area (Å²) in [5.41, 5.74) is 2.89. The molecule has 7 nitrogen and oxygen atoms in total. The van der Waals surface area contributed by atoms with Crippen LogP contribution >= 0.6 is 0 Å². The van der Waals surface area contributed by atoms with Gasteiger partial charge in [0.2, 0.25) is 5.76 Å². The Morgan fingerprint density at radius 2 is 1.94 bits per heavy atom. The molecule has 0 radical (unpaired) electrons. The van der Waals surface area contributed by atoms with Gasteiger partial charge in [0.1, 0.15) is 0 Å². The number of aromatic nitrogens is 1. The molecule has 35 heavy (non-hydrogen) atoms. The van der Waals surface area contributed by atoms with Crippen LogP contribution in [-0.4, -0.2) is 54.0 Å². The monoisotopic (exact) mass is 481 g/mol. The molecule has 2 aromatic rings. The van der Waals surface area contributed by atoms with E-state index in [1.165, 1.54) is 39.0 Å². The van der Waals surface area contributed by atoms with Gasteiger partial charge in [-0.2, -0.15) is 0 Å². The Labute approximate surface area is 208 Å². The Kier molecular flexibility index (Phi) is 8.60. The molecule has 190 valence electrons. The molecule has 1 aliphatic carbocycles. The summed E-state index contributed by atoms with van der Waals surface area (Å²) in [4.78, 5) is 31.1. The first-order chi connectivity index (χ1) is 16.9. The van der Waals surface area contributed by atoms with Crippen LogP contribution in [0.15, 0.2) is 35.1 Å². The van der Waals surface area contributed by atoms with E-state index in [1.54, 1.807) is 18.5 Å². The summed E-state index contributed by atoms with van der Waals surface area (Å²) < 4.78 is 10.7. The van der Waals surface area contributed by atoms with Gasteiger partial charge in [-0.15, -0.1) is 0 Å². The molecule has 2 aromatic heterocycles. The second kappa shape index (κ2) is 11.8. The average molecular weight is 482 g/mol. The molecule has 0 bridgehead atoms. The largest absolute Gasteiger partial charge is 0.466 e. The Morgan fingerprint density at radius 3 is 2.63 bits per heavy atom. The van der Waals surface area contributed by atoms with Crippen molar-refractivity contribution in [3.05, 3.63) is 42.0 Å². The first kappa shape index (κ1) is 25.4. The summed E-state index contributed by atoms with van der Waals surface area (Å²) in [6.07, 6.45) is 13.7. The van der Waals surface area contributed by atoms with Crippen LogP contribution < -0.4 is 5.32 Å². The molecular weight excluding hydrogens is 442 g/mol. The minimum Gasteiger partial charge on any atom is -0.466 e. The molecule has 1 N–H and O–H groups in total. The molecule has 0 atom stereocenters. The van der Waals surface area contributed by atoms with Gasteiger partial charge < -0.3 is 19.4 Å². The summed E-state index contributed by atoms with van der Waals surface area (Å²) >= 11 is 0. The fourth-order valence-corrected chi connectivity index (χ4v) is 5.73. The zero-order valence-electron chi connectivity index (χ0n) is 21.2. The molecule has 2 fully saturated rings. The van der Waals surface area contributed by atoms with Gasteiger partial charge >= 0.3 is 5.97 Å². The number of esters is 1. The predicted molar refractivity (Wildman–Crippen MR) is 135 cm³/mol. The third kappa shape index (κ3) is 6.94. The molecule has 1 amide bonds. The summed E-state index contributed by atoms with van der Waals surface area (Å²) in [6, 6.07) is 5.86. The lowest BCUT2D eigenvalue weighted by Crippen LogP contribution is -2.48. The van der Waals surface area contributed by atoms with E-state index in [1.807, 2.05) is 19.1 Å². The smallest absolute Gasteiger partial charge is 0.302 e. The normalized spacial score (nSPS) is 18.8. The maximum atomic E-state index is 13.0. The van der Waals surface area contributed by atoms with Crippen molar-refractivity contribution in [1.82, 2.24) is 15.2 Å². The molecule has 4 rings (SSSR count). The van der Waals surface area contributed by atoms with Crippen LogP contribution in [0.2, 0.25) is 0 Å². The molecule has 1 aliphatic heterocycles. The number of furan rings is 1. The second-order valence-electron chi connectivity index (χ2n) is 10.4. The highest BCUT2D eigenvalue weighted by Crippen LogP contribution is 2.41. The van der Waals surface area contributed by atoms with E-state index >= 15 is 0 Å². The van der Waals surface area contributed by atoms with E-state index in [-0.39, 0.29) is 17.9 Å². The first-order valence-corrected chi connectivity index (χ1v) is 13.1. The van der Waals surface area contributed by atoms with Gasteiger partial charge in [0.15, 0.2) is 0 Å². The van der Waals surface area contributed by atoms with Crippen LogP contribution in [0.4, 0.5) is 0 Å². The summed E-state index contributed by atoms with van der Waals surface area (Å²) in [5.74, 6) is -0.0265. The third-order valence-electron chi connectivity index (χ3n) is 7.61. The van der Waals surface area contributed by atoms with E-state index in [0.717, 1.165) is 62.1 Å². The molecule has 0 aromatic carbocycles. The van der Waals surface area contributed by atoms with Gasteiger partial charge in [-0.3, -0.25) is 14.6 Å². The molecule has 1 saturated heterocycles. The number of hydrogen-bond acceptors (Lipinski definition) is 6. The van der Waals surface area contributed by atoms with Gasteiger partial charge in [0.25, 0.3) is 5.91 Å². The number of pyridine rings is 1. The Bertz CT molecular complexity index is 970. The zero-order valence-corrected chi connectivity index (χ0v) is 21.2. The lowest BCUT2D eigenvalue weighted by molar-refractivity contribution is -0.141. The number of carbonyl (C=O) groups is 2. The summed E-state index contributed by atoms with van der Waals surface area (Å²) in [6.45, 7) is 7.08. The van der Waals surface area contributed by atoms with Crippen LogP contribution in [0.25, 0.3) is 11.3 Å². The minimum atomic E-state index is -0.191. The van der Waals surface area contributed by atoms with Crippen molar-refractivity contribution in [1.29, 1.82) is 0 Å². The number of rotatable bonds is 9.